The van der Waals surface area contributed by atoms with E-state index in [0.717, 1.165) is 23.7 Å². The summed E-state index contributed by atoms with van der Waals surface area (Å²) in [6.45, 7) is 19.5. The monoisotopic (exact) mass is 238 g/mol. The Morgan fingerprint density at radius 3 is 1.41 bits per heavy atom. The zero-order chi connectivity index (χ0) is 13.4. The molecule has 0 N–H and O–H groups in total. The first-order valence-corrected chi connectivity index (χ1v) is 7.57. The Hall–Kier alpha value is 0. The minimum absolute atomic E-state index is 0.471. The maximum Gasteiger partial charge on any atom is -0.0332 e. The molecule has 2 unspecified atom stereocenters. The molecule has 102 valence electrons. The fourth-order valence-electron chi connectivity index (χ4n) is 4.15. The molecule has 0 aromatic heterocycles. The van der Waals surface area contributed by atoms with Crippen LogP contribution in [0, 0.1) is 34.5 Å². The SMILES string of the molecule is CCC1C(C(C)(C)C)CC(C)CC1C(C)(C)C. The molecule has 1 rings (SSSR count). The van der Waals surface area contributed by atoms with Crippen LogP contribution in [0.25, 0.3) is 0 Å². The van der Waals surface area contributed by atoms with Crippen LogP contribution in [-0.2, 0) is 0 Å². The van der Waals surface area contributed by atoms with E-state index in [9.17, 15) is 0 Å². The largest absolute Gasteiger partial charge is 0.0651 e. The van der Waals surface area contributed by atoms with Crippen LogP contribution in [0.2, 0.25) is 0 Å². The Morgan fingerprint density at radius 2 is 1.18 bits per heavy atom. The van der Waals surface area contributed by atoms with Crippen molar-refractivity contribution in [3.63, 3.8) is 0 Å². The van der Waals surface area contributed by atoms with E-state index in [1.807, 2.05) is 0 Å². The predicted octanol–water partition coefficient (Wildman–Crippen LogP) is 5.77. The van der Waals surface area contributed by atoms with Gasteiger partial charge in [-0.2, -0.15) is 0 Å². The molecule has 0 aliphatic heterocycles. The van der Waals surface area contributed by atoms with Gasteiger partial charge in [-0.1, -0.05) is 61.8 Å². The van der Waals surface area contributed by atoms with E-state index in [0.29, 0.717) is 10.8 Å². The molecular weight excluding hydrogens is 204 g/mol. The predicted molar refractivity (Wildman–Crippen MR) is 78.1 cm³/mol. The first-order chi connectivity index (χ1) is 7.57. The standard InChI is InChI=1S/C17H34/c1-9-13-14(16(3,4)5)10-12(2)11-15(13)17(6,7)8/h12-15H,9-11H2,1-8H3. The maximum atomic E-state index is 2.46. The highest BCUT2D eigenvalue weighted by Gasteiger charge is 2.44. The normalized spacial score (nSPS) is 36.0. The molecule has 1 saturated carbocycles. The van der Waals surface area contributed by atoms with Crippen LogP contribution in [0.15, 0.2) is 0 Å². The average molecular weight is 238 g/mol. The van der Waals surface area contributed by atoms with Crippen molar-refractivity contribution in [1.82, 2.24) is 0 Å². The molecule has 0 aromatic rings. The van der Waals surface area contributed by atoms with E-state index >= 15 is 0 Å². The van der Waals surface area contributed by atoms with Gasteiger partial charge in [-0.05, 0) is 47.3 Å². The molecule has 0 saturated heterocycles. The smallest absolute Gasteiger partial charge is 0.0332 e. The van der Waals surface area contributed by atoms with Crippen LogP contribution in [0.1, 0.15) is 74.7 Å². The molecule has 0 heteroatoms. The molecule has 2 atom stereocenters. The summed E-state index contributed by atoms with van der Waals surface area (Å²) in [4.78, 5) is 0. The van der Waals surface area contributed by atoms with E-state index in [-0.39, 0.29) is 0 Å². The lowest BCUT2D eigenvalue weighted by Crippen LogP contribution is -2.43. The molecule has 1 fully saturated rings. The van der Waals surface area contributed by atoms with Gasteiger partial charge in [-0.25, -0.2) is 0 Å². The van der Waals surface area contributed by atoms with Crippen LogP contribution in [-0.4, -0.2) is 0 Å². The second-order valence-electron chi connectivity index (χ2n) is 8.59. The topological polar surface area (TPSA) is 0 Å². The minimum atomic E-state index is 0.471. The molecule has 0 radical (unpaired) electrons. The van der Waals surface area contributed by atoms with Crippen LogP contribution < -0.4 is 0 Å². The van der Waals surface area contributed by atoms with Gasteiger partial charge in [0, 0.05) is 0 Å². The van der Waals surface area contributed by atoms with Gasteiger partial charge in [0.05, 0.1) is 0 Å². The fourth-order valence-corrected chi connectivity index (χ4v) is 4.15. The zero-order valence-corrected chi connectivity index (χ0v) is 13.4. The molecule has 1 aliphatic carbocycles. The van der Waals surface area contributed by atoms with Crippen LogP contribution in [0.3, 0.4) is 0 Å². The lowest BCUT2D eigenvalue weighted by molar-refractivity contribution is -0.0159. The lowest BCUT2D eigenvalue weighted by Gasteiger charge is -2.51. The van der Waals surface area contributed by atoms with Gasteiger partial charge in [-0.3, -0.25) is 0 Å². The van der Waals surface area contributed by atoms with Crippen molar-refractivity contribution in [2.45, 2.75) is 74.7 Å². The third-order valence-corrected chi connectivity index (χ3v) is 5.04. The summed E-state index contributed by atoms with van der Waals surface area (Å²) in [6.07, 6.45) is 4.24. The van der Waals surface area contributed by atoms with Gasteiger partial charge >= 0.3 is 0 Å². The van der Waals surface area contributed by atoms with Gasteiger partial charge in [-0.15, -0.1) is 0 Å². The number of rotatable bonds is 1. The summed E-state index contributed by atoms with van der Waals surface area (Å²) in [5, 5.41) is 0. The van der Waals surface area contributed by atoms with E-state index in [1.165, 1.54) is 19.3 Å². The summed E-state index contributed by atoms with van der Waals surface area (Å²) in [7, 11) is 0. The van der Waals surface area contributed by atoms with Gasteiger partial charge in [0.25, 0.3) is 0 Å². The third kappa shape index (κ3) is 3.48. The summed E-state index contributed by atoms with van der Waals surface area (Å²) in [5.74, 6) is 3.64. The quantitative estimate of drug-likeness (QED) is 0.544. The summed E-state index contributed by atoms with van der Waals surface area (Å²) in [6, 6.07) is 0. The molecule has 0 nitrogen and oxygen atoms in total. The molecule has 0 bridgehead atoms. The van der Waals surface area contributed by atoms with Gasteiger partial charge in [0.1, 0.15) is 0 Å². The molecule has 0 spiro atoms. The maximum absolute atomic E-state index is 2.46. The Balaban J connectivity index is 3.00. The first kappa shape index (κ1) is 15.1. The highest BCUT2D eigenvalue weighted by Crippen LogP contribution is 2.52. The van der Waals surface area contributed by atoms with Gasteiger partial charge in [0.2, 0.25) is 0 Å². The van der Waals surface area contributed by atoms with E-state index < -0.39 is 0 Å². The van der Waals surface area contributed by atoms with E-state index in [1.54, 1.807) is 0 Å². The summed E-state index contributed by atoms with van der Waals surface area (Å²) in [5.41, 5.74) is 0.942. The Labute approximate surface area is 110 Å². The highest BCUT2D eigenvalue weighted by molar-refractivity contribution is 4.93. The van der Waals surface area contributed by atoms with E-state index in [4.69, 9.17) is 0 Å². The highest BCUT2D eigenvalue weighted by atomic mass is 14.5. The van der Waals surface area contributed by atoms with Crippen LogP contribution >= 0.6 is 0 Å². The second-order valence-corrected chi connectivity index (χ2v) is 8.59. The lowest BCUT2D eigenvalue weighted by atomic mass is 9.54. The molecule has 17 heavy (non-hydrogen) atoms. The average Bonchev–Trinajstić information content (AvgIpc) is 2.13. The molecule has 0 aromatic carbocycles. The minimum Gasteiger partial charge on any atom is -0.0651 e. The summed E-state index contributed by atoms with van der Waals surface area (Å²) >= 11 is 0. The van der Waals surface area contributed by atoms with Crippen molar-refractivity contribution >= 4 is 0 Å². The number of hydrogen-bond acceptors (Lipinski definition) is 0. The second kappa shape index (κ2) is 4.94. The van der Waals surface area contributed by atoms with Crippen molar-refractivity contribution in [1.29, 1.82) is 0 Å². The first-order valence-electron chi connectivity index (χ1n) is 7.57. The van der Waals surface area contributed by atoms with Crippen molar-refractivity contribution < 1.29 is 0 Å². The van der Waals surface area contributed by atoms with Crippen LogP contribution in [0.4, 0.5) is 0 Å². The number of hydrogen-bond donors (Lipinski definition) is 0. The van der Waals surface area contributed by atoms with Crippen molar-refractivity contribution in [3.8, 4) is 0 Å². The van der Waals surface area contributed by atoms with Crippen molar-refractivity contribution in [2.24, 2.45) is 34.5 Å². The molecule has 1 aliphatic rings. The fraction of sp³-hybridized carbons (Fsp3) is 1.00. The van der Waals surface area contributed by atoms with Gasteiger partial charge in [0.15, 0.2) is 0 Å². The zero-order valence-electron chi connectivity index (χ0n) is 13.4. The van der Waals surface area contributed by atoms with E-state index in [2.05, 4.69) is 55.4 Å². The molecular formula is C17H34. The Morgan fingerprint density at radius 1 is 0.824 bits per heavy atom. The van der Waals surface area contributed by atoms with Crippen molar-refractivity contribution in [2.75, 3.05) is 0 Å². The Bertz CT molecular complexity index is 214. The Kier molecular flexibility index (Phi) is 4.37. The molecule has 0 amide bonds. The third-order valence-electron chi connectivity index (χ3n) is 5.04. The van der Waals surface area contributed by atoms with Gasteiger partial charge < -0.3 is 0 Å². The molecule has 0 heterocycles. The summed E-state index contributed by atoms with van der Waals surface area (Å²) < 4.78 is 0. The van der Waals surface area contributed by atoms with Crippen LogP contribution in [0.5, 0.6) is 0 Å². The van der Waals surface area contributed by atoms with Crippen molar-refractivity contribution in [3.05, 3.63) is 0 Å².